The third kappa shape index (κ3) is 3.06. The summed E-state index contributed by atoms with van der Waals surface area (Å²) in [6, 6.07) is 0. The van der Waals surface area contributed by atoms with Crippen molar-refractivity contribution in [1.82, 2.24) is 4.98 Å². The summed E-state index contributed by atoms with van der Waals surface area (Å²) in [6.45, 7) is 3.55. The molecule has 1 aromatic rings. The molecule has 1 unspecified atom stereocenters. The molecule has 3 nitrogen and oxygen atoms in total. The quantitative estimate of drug-likeness (QED) is 0.781. The van der Waals surface area contributed by atoms with E-state index in [1.165, 1.54) is 4.88 Å². The Kier molecular flexibility index (Phi) is 4.35. The van der Waals surface area contributed by atoms with Crippen LogP contribution < -0.4 is 5.73 Å². The molecular weight excluding hydrogens is 184 g/mol. The number of thiazole rings is 1. The Morgan fingerprint density at radius 3 is 3.08 bits per heavy atom. The van der Waals surface area contributed by atoms with E-state index in [0.29, 0.717) is 12.5 Å². The Bertz CT molecular complexity index is 250. The number of hydrogen-bond acceptors (Lipinski definition) is 4. The molecule has 0 radical (unpaired) electrons. The summed E-state index contributed by atoms with van der Waals surface area (Å²) in [5.74, 6) is 0.425. The minimum Gasteiger partial charge on any atom is -0.384 e. The average Bonchev–Trinajstić information content (AvgIpc) is 2.62. The van der Waals surface area contributed by atoms with Gasteiger partial charge in [0.1, 0.15) is 0 Å². The van der Waals surface area contributed by atoms with Gasteiger partial charge in [-0.3, -0.25) is 0 Å². The van der Waals surface area contributed by atoms with Gasteiger partial charge in [0.15, 0.2) is 0 Å². The van der Waals surface area contributed by atoms with E-state index in [-0.39, 0.29) is 0 Å². The smallest absolute Gasteiger partial charge is 0.0950 e. The fourth-order valence-electron chi connectivity index (χ4n) is 0.973. The lowest BCUT2D eigenvalue weighted by atomic mass is 10.2. The molecule has 1 rings (SSSR count). The van der Waals surface area contributed by atoms with Gasteiger partial charge in [-0.2, -0.15) is 0 Å². The topological polar surface area (TPSA) is 48.1 Å². The maximum Gasteiger partial charge on any atom is 0.0950 e. The lowest BCUT2D eigenvalue weighted by Gasteiger charge is -2.02. The molecule has 0 aromatic carbocycles. The molecule has 4 heteroatoms. The predicted octanol–water partition coefficient (Wildman–Crippen LogP) is 1.39. The molecule has 0 fully saturated rings. The molecule has 0 aliphatic rings. The van der Waals surface area contributed by atoms with Crippen molar-refractivity contribution in [3.05, 3.63) is 16.1 Å². The van der Waals surface area contributed by atoms with E-state index in [4.69, 9.17) is 10.5 Å². The molecule has 0 bridgehead atoms. The van der Waals surface area contributed by atoms with Crippen LogP contribution in [0.15, 0.2) is 6.20 Å². The summed E-state index contributed by atoms with van der Waals surface area (Å²) in [5, 5.41) is 1.14. The van der Waals surface area contributed by atoms with Crippen molar-refractivity contribution in [3.8, 4) is 0 Å². The zero-order valence-corrected chi connectivity index (χ0v) is 8.93. The van der Waals surface area contributed by atoms with Gasteiger partial charge in [0, 0.05) is 30.5 Å². The van der Waals surface area contributed by atoms with Crippen LogP contribution >= 0.6 is 11.3 Å². The van der Waals surface area contributed by atoms with E-state index >= 15 is 0 Å². The second-order valence-corrected chi connectivity index (χ2v) is 4.18. The van der Waals surface area contributed by atoms with Crippen LogP contribution in [0.2, 0.25) is 0 Å². The first-order chi connectivity index (χ1) is 6.27. The molecule has 13 heavy (non-hydrogen) atoms. The maximum absolute atomic E-state index is 5.57. The Morgan fingerprint density at radius 1 is 1.69 bits per heavy atom. The molecule has 0 saturated carbocycles. The molecule has 2 N–H and O–H groups in total. The lowest BCUT2D eigenvalue weighted by Crippen LogP contribution is -2.07. The highest BCUT2D eigenvalue weighted by Crippen LogP contribution is 2.21. The molecule has 0 aliphatic carbocycles. The number of ether oxygens (including phenoxy) is 1. The number of methoxy groups -OCH3 is 1. The van der Waals surface area contributed by atoms with Crippen LogP contribution in [0.1, 0.15) is 22.7 Å². The van der Waals surface area contributed by atoms with Crippen molar-refractivity contribution in [1.29, 1.82) is 0 Å². The lowest BCUT2D eigenvalue weighted by molar-refractivity contribution is 0.202. The summed E-state index contributed by atoms with van der Waals surface area (Å²) in [4.78, 5) is 5.58. The summed E-state index contributed by atoms with van der Waals surface area (Å²) in [6.07, 6.45) is 2.83. The predicted molar refractivity (Wildman–Crippen MR) is 55.2 cm³/mol. The van der Waals surface area contributed by atoms with E-state index in [2.05, 4.69) is 11.9 Å². The molecule has 1 atom stereocenters. The zero-order chi connectivity index (χ0) is 9.68. The SMILES string of the molecule is COCCc1ncc(C(C)CN)s1. The molecule has 0 aliphatic heterocycles. The van der Waals surface area contributed by atoms with E-state index < -0.39 is 0 Å². The first kappa shape index (κ1) is 10.6. The molecular formula is C9H16N2OS. The van der Waals surface area contributed by atoms with E-state index in [0.717, 1.165) is 18.0 Å². The van der Waals surface area contributed by atoms with Crippen LogP contribution in [0, 0.1) is 0 Å². The van der Waals surface area contributed by atoms with Gasteiger partial charge in [-0.15, -0.1) is 11.3 Å². The van der Waals surface area contributed by atoms with E-state index in [1.54, 1.807) is 18.4 Å². The third-order valence-corrected chi connectivity index (χ3v) is 3.22. The minimum absolute atomic E-state index is 0.425. The van der Waals surface area contributed by atoms with Gasteiger partial charge < -0.3 is 10.5 Å². The average molecular weight is 200 g/mol. The Balaban J connectivity index is 2.53. The summed E-state index contributed by atoms with van der Waals surface area (Å²) in [5.41, 5.74) is 5.57. The highest BCUT2D eigenvalue weighted by molar-refractivity contribution is 7.11. The van der Waals surface area contributed by atoms with Gasteiger partial charge >= 0.3 is 0 Å². The van der Waals surface area contributed by atoms with Crippen molar-refractivity contribution in [2.45, 2.75) is 19.3 Å². The van der Waals surface area contributed by atoms with Crippen LogP contribution in [0.3, 0.4) is 0 Å². The first-order valence-electron chi connectivity index (χ1n) is 4.41. The summed E-state index contributed by atoms with van der Waals surface area (Å²) < 4.78 is 4.98. The fourth-order valence-corrected chi connectivity index (χ4v) is 1.94. The Labute approximate surface area is 82.9 Å². The van der Waals surface area contributed by atoms with Gasteiger partial charge in [0.25, 0.3) is 0 Å². The van der Waals surface area contributed by atoms with Gasteiger partial charge in [0.2, 0.25) is 0 Å². The molecule has 0 saturated heterocycles. The van der Waals surface area contributed by atoms with Gasteiger partial charge in [0.05, 0.1) is 11.6 Å². The normalized spacial score (nSPS) is 13.2. The molecule has 1 heterocycles. The highest BCUT2D eigenvalue weighted by Gasteiger charge is 2.07. The van der Waals surface area contributed by atoms with Crippen molar-refractivity contribution in [2.24, 2.45) is 5.73 Å². The van der Waals surface area contributed by atoms with E-state index in [1.807, 2.05) is 6.20 Å². The molecule has 1 aromatic heterocycles. The third-order valence-electron chi connectivity index (χ3n) is 1.93. The summed E-state index contributed by atoms with van der Waals surface area (Å²) >= 11 is 1.73. The number of aromatic nitrogens is 1. The van der Waals surface area contributed by atoms with Crippen molar-refractivity contribution in [2.75, 3.05) is 20.3 Å². The number of rotatable bonds is 5. The van der Waals surface area contributed by atoms with Crippen LogP contribution in [0.5, 0.6) is 0 Å². The van der Waals surface area contributed by atoms with Crippen LogP contribution in [-0.2, 0) is 11.2 Å². The highest BCUT2D eigenvalue weighted by atomic mass is 32.1. The fraction of sp³-hybridized carbons (Fsp3) is 0.667. The minimum atomic E-state index is 0.425. The van der Waals surface area contributed by atoms with Crippen molar-refractivity contribution in [3.63, 3.8) is 0 Å². The Hall–Kier alpha value is -0.450. The van der Waals surface area contributed by atoms with Gasteiger partial charge in [-0.1, -0.05) is 6.92 Å². The second kappa shape index (κ2) is 5.32. The zero-order valence-electron chi connectivity index (χ0n) is 8.12. The number of hydrogen-bond donors (Lipinski definition) is 1. The van der Waals surface area contributed by atoms with E-state index in [9.17, 15) is 0 Å². The standard InChI is InChI=1S/C9H16N2OS/c1-7(5-10)8-6-11-9(13-8)3-4-12-2/h6-7H,3-5,10H2,1-2H3. The largest absolute Gasteiger partial charge is 0.384 e. The summed E-state index contributed by atoms with van der Waals surface area (Å²) in [7, 11) is 1.71. The monoisotopic (exact) mass is 200 g/mol. The molecule has 0 spiro atoms. The van der Waals surface area contributed by atoms with Crippen molar-refractivity contribution < 1.29 is 4.74 Å². The van der Waals surface area contributed by atoms with Crippen LogP contribution in [-0.4, -0.2) is 25.2 Å². The van der Waals surface area contributed by atoms with Crippen LogP contribution in [0.4, 0.5) is 0 Å². The maximum atomic E-state index is 5.57. The van der Waals surface area contributed by atoms with Crippen LogP contribution in [0.25, 0.3) is 0 Å². The van der Waals surface area contributed by atoms with Gasteiger partial charge in [-0.05, 0) is 6.54 Å². The number of nitrogens with zero attached hydrogens (tertiary/aromatic N) is 1. The first-order valence-corrected chi connectivity index (χ1v) is 5.23. The van der Waals surface area contributed by atoms with Crippen molar-refractivity contribution >= 4 is 11.3 Å². The molecule has 74 valence electrons. The molecule has 0 amide bonds. The Morgan fingerprint density at radius 2 is 2.46 bits per heavy atom. The van der Waals surface area contributed by atoms with Gasteiger partial charge in [-0.25, -0.2) is 4.98 Å². The number of nitrogens with two attached hydrogens (primary N) is 1. The second-order valence-electron chi connectivity index (χ2n) is 3.04.